The summed E-state index contributed by atoms with van der Waals surface area (Å²) in [6.45, 7) is 6.05. The highest BCUT2D eigenvalue weighted by Gasteiger charge is 2.29. The Morgan fingerprint density at radius 1 is 1.18 bits per heavy atom. The Kier molecular flexibility index (Phi) is 7.54. The number of carbonyl (C=O) groups excluding carboxylic acids is 4. The highest BCUT2D eigenvalue weighted by atomic mass is 16.5. The fourth-order valence-electron chi connectivity index (χ4n) is 3.02. The van der Waals surface area contributed by atoms with Crippen molar-refractivity contribution >= 4 is 29.5 Å². The summed E-state index contributed by atoms with van der Waals surface area (Å²) in [5.74, 6) is -1.69. The topological polar surface area (TPSA) is 105 Å². The number of aryl methyl sites for hydroxylation is 2. The van der Waals surface area contributed by atoms with Gasteiger partial charge in [-0.2, -0.15) is 0 Å². The van der Waals surface area contributed by atoms with Gasteiger partial charge in [-0.05, 0) is 49.9 Å². The standard InChI is InChI=1S/C20H27N3O5/c1-4-18(25)23-9-5-6-15(11-23)19(26)28-12-17(24)22-20(27)21-16-8-7-13(2)14(3)10-16/h7-8,10,15H,4-6,9,11-12H2,1-3H3,(H2,21,22,24,27). The van der Waals surface area contributed by atoms with Gasteiger partial charge in [0.05, 0.1) is 5.92 Å². The van der Waals surface area contributed by atoms with Gasteiger partial charge in [0.25, 0.3) is 5.91 Å². The molecule has 2 rings (SSSR count). The number of esters is 1. The average Bonchev–Trinajstić information content (AvgIpc) is 2.68. The van der Waals surface area contributed by atoms with Gasteiger partial charge in [-0.1, -0.05) is 13.0 Å². The SMILES string of the molecule is CCC(=O)N1CCCC(C(=O)OCC(=O)NC(=O)Nc2ccc(C)c(C)c2)C1. The Balaban J connectivity index is 1.76. The Labute approximate surface area is 164 Å². The van der Waals surface area contributed by atoms with E-state index in [1.165, 1.54) is 0 Å². The summed E-state index contributed by atoms with van der Waals surface area (Å²) in [6, 6.07) is 4.71. The minimum atomic E-state index is -0.716. The first kappa shape index (κ1) is 21.4. The fraction of sp³-hybridized carbons (Fsp3) is 0.500. The van der Waals surface area contributed by atoms with Crippen LogP contribution >= 0.6 is 0 Å². The van der Waals surface area contributed by atoms with Gasteiger partial charge in [-0.15, -0.1) is 0 Å². The van der Waals surface area contributed by atoms with Crippen LogP contribution in [-0.2, 0) is 19.1 Å². The number of carbonyl (C=O) groups is 4. The average molecular weight is 389 g/mol. The predicted molar refractivity (Wildman–Crippen MR) is 104 cm³/mol. The predicted octanol–water partition coefficient (Wildman–Crippen LogP) is 2.14. The summed E-state index contributed by atoms with van der Waals surface area (Å²) in [5, 5.41) is 4.69. The lowest BCUT2D eigenvalue weighted by Gasteiger charge is -2.31. The lowest BCUT2D eigenvalue weighted by Crippen LogP contribution is -2.43. The van der Waals surface area contributed by atoms with Gasteiger partial charge in [0, 0.05) is 25.2 Å². The van der Waals surface area contributed by atoms with Crippen LogP contribution in [0.3, 0.4) is 0 Å². The van der Waals surface area contributed by atoms with Crippen LogP contribution in [0.4, 0.5) is 10.5 Å². The summed E-state index contributed by atoms with van der Waals surface area (Å²) in [4.78, 5) is 49.3. The quantitative estimate of drug-likeness (QED) is 0.751. The molecule has 0 radical (unpaired) electrons. The molecule has 8 nitrogen and oxygen atoms in total. The van der Waals surface area contributed by atoms with Crippen LogP contribution in [0.1, 0.15) is 37.3 Å². The number of hydrogen-bond acceptors (Lipinski definition) is 5. The number of nitrogens with one attached hydrogen (secondary N) is 2. The molecule has 1 fully saturated rings. The molecule has 8 heteroatoms. The number of nitrogens with zero attached hydrogens (tertiary/aromatic N) is 1. The normalized spacial score (nSPS) is 16.2. The number of hydrogen-bond donors (Lipinski definition) is 2. The molecule has 152 valence electrons. The highest BCUT2D eigenvalue weighted by molar-refractivity contribution is 6.02. The van der Waals surface area contributed by atoms with Gasteiger partial charge >= 0.3 is 12.0 Å². The molecule has 0 spiro atoms. The summed E-state index contributed by atoms with van der Waals surface area (Å²) >= 11 is 0. The van der Waals surface area contributed by atoms with Crippen LogP contribution in [-0.4, -0.2) is 48.4 Å². The van der Waals surface area contributed by atoms with E-state index in [-0.39, 0.29) is 5.91 Å². The molecule has 4 amide bonds. The molecular formula is C20H27N3O5. The third-order valence-corrected chi connectivity index (χ3v) is 4.77. The number of imide groups is 1. The molecule has 0 aliphatic carbocycles. The summed E-state index contributed by atoms with van der Waals surface area (Å²) in [6.07, 6.45) is 1.72. The van der Waals surface area contributed by atoms with Crippen LogP contribution in [0.5, 0.6) is 0 Å². The van der Waals surface area contributed by atoms with Gasteiger partial charge in [0.15, 0.2) is 6.61 Å². The Morgan fingerprint density at radius 2 is 1.93 bits per heavy atom. The van der Waals surface area contributed by atoms with Gasteiger partial charge < -0.3 is 15.0 Å². The van der Waals surface area contributed by atoms with E-state index in [0.717, 1.165) is 17.5 Å². The molecule has 1 aromatic rings. The molecule has 1 atom stereocenters. The van der Waals surface area contributed by atoms with Crippen molar-refractivity contribution in [2.75, 3.05) is 25.0 Å². The molecule has 1 unspecified atom stereocenters. The molecule has 1 aliphatic rings. The van der Waals surface area contributed by atoms with E-state index in [4.69, 9.17) is 4.74 Å². The number of amides is 4. The summed E-state index contributed by atoms with van der Waals surface area (Å²) in [7, 11) is 0. The summed E-state index contributed by atoms with van der Waals surface area (Å²) in [5.41, 5.74) is 2.67. The van der Waals surface area contributed by atoms with Crippen LogP contribution in [0, 0.1) is 19.8 Å². The van der Waals surface area contributed by atoms with Gasteiger partial charge in [-0.3, -0.25) is 19.7 Å². The highest BCUT2D eigenvalue weighted by Crippen LogP contribution is 2.18. The maximum atomic E-state index is 12.2. The van der Waals surface area contributed by atoms with Gasteiger partial charge in [0.1, 0.15) is 0 Å². The smallest absolute Gasteiger partial charge is 0.325 e. The fourth-order valence-corrected chi connectivity index (χ4v) is 3.02. The number of piperidine rings is 1. The maximum absolute atomic E-state index is 12.2. The molecule has 1 aromatic carbocycles. The zero-order valence-electron chi connectivity index (χ0n) is 16.5. The van der Waals surface area contributed by atoms with Crippen molar-refractivity contribution in [2.24, 2.45) is 5.92 Å². The van der Waals surface area contributed by atoms with Crippen LogP contribution in [0.2, 0.25) is 0 Å². The van der Waals surface area contributed by atoms with Crippen molar-refractivity contribution in [2.45, 2.75) is 40.0 Å². The molecule has 0 saturated carbocycles. The second-order valence-corrected chi connectivity index (χ2v) is 6.94. The lowest BCUT2D eigenvalue weighted by molar-refractivity contribution is -0.155. The van der Waals surface area contributed by atoms with E-state index in [1.54, 1.807) is 24.0 Å². The molecule has 0 aromatic heterocycles. The van der Waals surface area contributed by atoms with Gasteiger partial charge in [-0.25, -0.2) is 4.79 Å². The number of anilines is 1. The second kappa shape index (κ2) is 9.87. The van der Waals surface area contributed by atoms with E-state index < -0.39 is 30.4 Å². The number of rotatable bonds is 5. The van der Waals surface area contributed by atoms with Crippen molar-refractivity contribution in [3.05, 3.63) is 29.3 Å². The first-order valence-electron chi connectivity index (χ1n) is 9.42. The molecule has 0 bridgehead atoms. The van der Waals surface area contributed by atoms with Crippen molar-refractivity contribution in [1.82, 2.24) is 10.2 Å². The summed E-state index contributed by atoms with van der Waals surface area (Å²) < 4.78 is 5.02. The minimum Gasteiger partial charge on any atom is -0.455 e. The Bertz CT molecular complexity index is 762. The van der Waals surface area contributed by atoms with Gasteiger partial charge in [0.2, 0.25) is 5.91 Å². The molecule has 1 heterocycles. The first-order valence-corrected chi connectivity index (χ1v) is 9.42. The molecule has 1 saturated heterocycles. The Hall–Kier alpha value is -2.90. The van der Waals surface area contributed by atoms with Crippen LogP contribution in [0.15, 0.2) is 18.2 Å². The minimum absolute atomic E-state index is 0.00161. The monoisotopic (exact) mass is 389 g/mol. The second-order valence-electron chi connectivity index (χ2n) is 6.94. The van der Waals surface area contributed by atoms with Crippen molar-refractivity contribution in [3.63, 3.8) is 0 Å². The zero-order chi connectivity index (χ0) is 20.7. The van der Waals surface area contributed by atoms with Crippen LogP contribution in [0.25, 0.3) is 0 Å². The Morgan fingerprint density at radius 3 is 2.61 bits per heavy atom. The molecular weight excluding hydrogens is 362 g/mol. The van der Waals surface area contributed by atoms with Crippen molar-refractivity contribution in [3.8, 4) is 0 Å². The number of likely N-dealkylation sites (tertiary alicyclic amines) is 1. The number of benzene rings is 1. The van der Waals surface area contributed by atoms with E-state index in [9.17, 15) is 19.2 Å². The third-order valence-electron chi connectivity index (χ3n) is 4.77. The number of ether oxygens (including phenoxy) is 1. The van der Waals surface area contributed by atoms with Crippen LogP contribution < -0.4 is 10.6 Å². The largest absolute Gasteiger partial charge is 0.455 e. The van der Waals surface area contributed by atoms with E-state index >= 15 is 0 Å². The molecule has 2 N–H and O–H groups in total. The maximum Gasteiger partial charge on any atom is 0.325 e. The number of urea groups is 1. The molecule has 28 heavy (non-hydrogen) atoms. The first-order chi connectivity index (χ1) is 13.3. The van der Waals surface area contributed by atoms with E-state index in [1.807, 2.05) is 19.9 Å². The zero-order valence-corrected chi connectivity index (χ0v) is 16.5. The van der Waals surface area contributed by atoms with E-state index in [0.29, 0.717) is 31.6 Å². The van der Waals surface area contributed by atoms with Crippen molar-refractivity contribution < 1.29 is 23.9 Å². The van der Waals surface area contributed by atoms with E-state index in [2.05, 4.69) is 10.6 Å². The lowest BCUT2D eigenvalue weighted by atomic mass is 9.98. The molecule has 1 aliphatic heterocycles. The third kappa shape index (κ3) is 6.07. The van der Waals surface area contributed by atoms with Crippen molar-refractivity contribution in [1.29, 1.82) is 0 Å².